The Morgan fingerprint density at radius 2 is 1.97 bits per heavy atom. The number of anilines is 1. The molecule has 0 aliphatic carbocycles. The normalized spacial score (nSPS) is 16.4. The van der Waals surface area contributed by atoms with Crippen LogP contribution in [0.5, 0.6) is 5.75 Å². The van der Waals surface area contributed by atoms with Gasteiger partial charge in [-0.25, -0.2) is 4.98 Å². The fraction of sp³-hybridized carbons (Fsp3) is 0.318. The summed E-state index contributed by atoms with van der Waals surface area (Å²) < 4.78 is 7.41. The third kappa shape index (κ3) is 3.81. The summed E-state index contributed by atoms with van der Waals surface area (Å²) in [4.78, 5) is 31.3. The van der Waals surface area contributed by atoms with Crippen molar-refractivity contribution in [2.75, 3.05) is 18.1 Å². The van der Waals surface area contributed by atoms with E-state index >= 15 is 0 Å². The van der Waals surface area contributed by atoms with Crippen molar-refractivity contribution in [1.29, 1.82) is 0 Å². The van der Waals surface area contributed by atoms with E-state index in [2.05, 4.69) is 10.3 Å². The number of hydrogen-bond donors (Lipinski definition) is 1. The van der Waals surface area contributed by atoms with Gasteiger partial charge in [-0.15, -0.1) is 0 Å². The van der Waals surface area contributed by atoms with E-state index in [1.165, 1.54) is 0 Å². The van der Waals surface area contributed by atoms with E-state index in [1.807, 2.05) is 67.1 Å². The highest BCUT2D eigenvalue weighted by Gasteiger charge is 2.35. The number of ether oxygens (including phenoxy) is 1. The van der Waals surface area contributed by atoms with E-state index in [-0.39, 0.29) is 24.2 Å². The van der Waals surface area contributed by atoms with Crippen molar-refractivity contribution in [3.05, 3.63) is 54.4 Å². The van der Waals surface area contributed by atoms with Gasteiger partial charge in [0.15, 0.2) is 0 Å². The Hall–Kier alpha value is -3.35. The number of fused-ring (bicyclic) bond motifs is 1. The molecule has 0 saturated carbocycles. The predicted octanol–water partition coefficient (Wildman–Crippen LogP) is 2.64. The minimum absolute atomic E-state index is 0.0444. The van der Waals surface area contributed by atoms with E-state index in [4.69, 9.17) is 4.74 Å². The molecule has 0 bridgehead atoms. The second-order valence-corrected chi connectivity index (χ2v) is 7.13. The third-order valence-electron chi connectivity index (χ3n) is 5.26. The third-order valence-corrected chi connectivity index (χ3v) is 5.26. The van der Waals surface area contributed by atoms with Crippen LogP contribution in [0.4, 0.5) is 5.69 Å². The number of carbonyl (C=O) groups excluding carboxylic acids is 2. The van der Waals surface area contributed by atoms with E-state index < -0.39 is 0 Å². The summed E-state index contributed by atoms with van der Waals surface area (Å²) >= 11 is 0. The number of rotatable bonds is 6. The van der Waals surface area contributed by atoms with Gasteiger partial charge in [0.25, 0.3) is 0 Å². The molecule has 1 unspecified atom stereocenters. The van der Waals surface area contributed by atoms with Crippen LogP contribution in [0.25, 0.3) is 11.0 Å². The molecule has 150 valence electrons. The van der Waals surface area contributed by atoms with Crippen molar-refractivity contribution < 1.29 is 14.3 Å². The molecule has 7 nitrogen and oxygen atoms in total. The van der Waals surface area contributed by atoms with Gasteiger partial charge < -0.3 is 19.5 Å². The Kier molecular flexibility index (Phi) is 5.20. The van der Waals surface area contributed by atoms with Crippen LogP contribution in [0.15, 0.2) is 48.5 Å². The number of benzene rings is 2. The Labute approximate surface area is 169 Å². The minimum atomic E-state index is -0.372. The summed E-state index contributed by atoms with van der Waals surface area (Å²) in [5, 5.41) is 2.94. The zero-order valence-corrected chi connectivity index (χ0v) is 16.6. The van der Waals surface area contributed by atoms with Crippen molar-refractivity contribution in [3.8, 4) is 5.75 Å². The quantitative estimate of drug-likeness (QED) is 0.700. The average Bonchev–Trinajstić information content (AvgIpc) is 3.27. The van der Waals surface area contributed by atoms with Gasteiger partial charge in [0.2, 0.25) is 11.8 Å². The molecule has 1 fully saturated rings. The number of carbonyl (C=O) groups is 2. The predicted molar refractivity (Wildman–Crippen MR) is 111 cm³/mol. The first-order valence-corrected chi connectivity index (χ1v) is 9.78. The first kappa shape index (κ1) is 19.0. The van der Waals surface area contributed by atoms with E-state index in [9.17, 15) is 9.59 Å². The lowest BCUT2D eigenvalue weighted by atomic mass is 10.1. The van der Waals surface area contributed by atoms with E-state index in [1.54, 1.807) is 4.90 Å². The average molecular weight is 392 g/mol. The molecular weight excluding hydrogens is 368 g/mol. The molecule has 2 aromatic carbocycles. The van der Waals surface area contributed by atoms with Crippen LogP contribution in [0, 0.1) is 5.92 Å². The van der Waals surface area contributed by atoms with Crippen molar-refractivity contribution in [2.24, 2.45) is 13.0 Å². The number of nitrogens with one attached hydrogen (secondary N) is 1. The molecule has 1 N–H and O–H groups in total. The fourth-order valence-electron chi connectivity index (χ4n) is 3.69. The van der Waals surface area contributed by atoms with Crippen LogP contribution in [0.3, 0.4) is 0 Å². The van der Waals surface area contributed by atoms with Gasteiger partial charge in [-0.3, -0.25) is 9.59 Å². The number of hydrogen-bond acceptors (Lipinski definition) is 4. The minimum Gasteiger partial charge on any atom is -0.494 e. The number of nitrogens with zero attached hydrogens (tertiary/aromatic N) is 3. The number of aryl methyl sites for hydroxylation is 1. The maximum Gasteiger partial charge on any atom is 0.227 e. The fourth-order valence-corrected chi connectivity index (χ4v) is 3.69. The van der Waals surface area contributed by atoms with Crippen LogP contribution in [-0.4, -0.2) is 34.5 Å². The molecule has 1 aliphatic rings. The van der Waals surface area contributed by atoms with Gasteiger partial charge in [-0.05, 0) is 43.3 Å². The van der Waals surface area contributed by atoms with Crippen molar-refractivity contribution in [1.82, 2.24) is 14.9 Å². The Balaban J connectivity index is 1.39. The lowest BCUT2D eigenvalue weighted by Gasteiger charge is -2.17. The Morgan fingerprint density at radius 1 is 1.21 bits per heavy atom. The molecule has 4 rings (SSSR count). The standard InChI is InChI=1S/C22H24N4O3/c1-3-29-17-10-8-16(9-11-17)26-14-15(12-21(26)27)22(28)23-13-20-24-18-6-4-5-7-19(18)25(20)2/h4-11,15H,3,12-14H2,1-2H3,(H,23,28). The van der Waals surface area contributed by atoms with Gasteiger partial charge in [0.1, 0.15) is 11.6 Å². The molecule has 1 atom stereocenters. The lowest BCUT2D eigenvalue weighted by molar-refractivity contribution is -0.126. The summed E-state index contributed by atoms with van der Waals surface area (Å²) in [7, 11) is 1.93. The SMILES string of the molecule is CCOc1ccc(N2CC(C(=O)NCc3nc4ccccc4n3C)CC2=O)cc1. The van der Waals surface area contributed by atoms with Crippen LogP contribution in [0.1, 0.15) is 19.2 Å². The topological polar surface area (TPSA) is 76.5 Å². The van der Waals surface area contributed by atoms with Crippen LogP contribution < -0.4 is 15.0 Å². The molecule has 1 aromatic heterocycles. The summed E-state index contributed by atoms with van der Waals surface area (Å²) in [6.45, 7) is 3.23. The van der Waals surface area contributed by atoms with Gasteiger partial charge in [0, 0.05) is 25.7 Å². The van der Waals surface area contributed by atoms with E-state index in [0.29, 0.717) is 19.7 Å². The number of para-hydroxylation sites is 2. The van der Waals surface area contributed by atoms with Crippen molar-refractivity contribution in [2.45, 2.75) is 19.9 Å². The maximum absolute atomic E-state index is 12.7. The monoisotopic (exact) mass is 392 g/mol. The molecule has 0 spiro atoms. The van der Waals surface area contributed by atoms with Gasteiger partial charge in [0.05, 0.1) is 30.1 Å². The zero-order chi connectivity index (χ0) is 20.4. The molecule has 0 radical (unpaired) electrons. The first-order valence-electron chi connectivity index (χ1n) is 9.78. The van der Waals surface area contributed by atoms with Crippen molar-refractivity contribution in [3.63, 3.8) is 0 Å². The Morgan fingerprint density at radius 3 is 2.69 bits per heavy atom. The second kappa shape index (κ2) is 7.95. The molecule has 2 heterocycles. The maximum atomic E-state index is 12.7. The van der Waals surface area contributed by atoms with Crippen LogP contribution in [-0.2, 0) is 23.2 Å². The zero-order valence-electron chi connectivity index (χ0n) is 16.6. The van der Waals surface area contributed by atoms with Crippen LogP contribution >= 0.6 is 0 Å². The molecular formula is C22H24N4O3. The molecule has 1 saturated heterocycles. The Bertz CT molecular complexity index is 1040. The highest BCUT2D eigenvalue weighted by Crippen LogP contribution is 2.27. The van der Waals surface area contributed by atoms with Gasteiger partial charge in [-0.2, -0.15) is 0 Å². The summed E-state index contributed by atoms with van der Waals surface area (Å²) in [5.74, 6) is 1.01. The van der Waals surface area contributed by atoms with E-state index in [0.717, 1.165) is 28.3 Å². The lowest BCUT2D eigenvalue weighted by Crippen LogP contribution is -2.33. The number of amides is 2. The number of aromatic nitrogens is 2. The highest BCUT2D eigenvalue weighted by atomic mass is 16.5. The van der Waals surface area contributed by atoms with Crippen LogP contribution in [0.2, 0.25) is 0 Å². The van der Waals surface area contributed by atoms with Gasteiger partial charge in [-0.1, -0.05) is 12.1 Å². The number of imidazole rings is 1. The summed E-state index contributed by atoms with van der Waals surface area (Å²) in [5.41, 5.74) is 2.70. The molecule has 1 aliphatic heterocycles. The first-order chi connectivity index (χ1) is 14.1. The largest absolute Gasteiger partial charge is 0.494 e. The molecule has 3 aromatic rings. The summed E-state index contributed by atoms with van der Waals surface area (Å²) in [6, 6.07) is 15.2. The summed E-state index contributed by atoms with van der Waals surface area (Å²) in [6.07, 6.45) is 0.210. The second-order valence-electron chi connectivity index (χ2n) is 7.13. The van der Waals surface area contributed by atoms with Gasteiger partial charge >= 0.3 is 0 Å². The highest BCUT2D eigenvalue weighted by molar-refractivity contribution is 6.00. The molecule has 29 heavy (non-hydrogen) atoms. The molecule has 7 heteroatoms. The van der Waals surface area contributed by atoms with Crippen molar-refractivity contribution >= 4 is 28.5 Å². The smallest absolute Gasteiger partial charge is 0.227 e. The molecule has 2 amide bonds.